The van der Waals surface area contributed by atoms with Gasteiger partial charge in [0.1, 0.15) is 11.6 Å². The molecule has 1 aromatic heterocycles. The van der Waals surface area contributed by atoms with E-state index in [1.165, 1.54) is 11.3 Å². The quantitative estimate of drug-likeness (QED) is 0.405. The third-order valence-corrected chi connectivity index (χ3v) is 6.28. The molecule has 0 saturated carbocycles. The Morgan fingerprint density at radius 1 is 1.12 bits per heavy atom. The minimum atomic E-state index is -0.115. The summed E-state index contributed by atoms with van der Waals surface area (Å²) in [4.78, 5) is 20.2. The van der Waals surface area contributed by atoms with E-state index in [2.05, 4.69) is 29.0 Å². The monoisotopic (exact) mass is 473 g/mol. The van der Waals surface area contributed by atoms with Crippen molar-refractivity contribution in [2.75, 3.05) is 38.7 Å². The van der Waals surface area contributed by atoms with Gasteiger partial charge < -0.3 is 19.7 Å². The zero-order valence-electron chi connectivity index (χ0n) is 18.6. The highest BCUT2D eigenvalue weighted by Gasteiger charge is 2.12. The molecular formula is C24H28ClN3O3S. The van der Waals surface area contributed by atoms with Crippen LogP contribution < -0.4 is 14.8 Å². The van der Waals surface area contributed by atoms with Crippen molar-refractivity contribution in [3.8, 4) is 22.1 Å². The van der Waals surface area contributed by atoms with Crippen molar-refractivity contribution in [1.29, 1.82) is 0 Å². The summed E-state index contributed by atoms with van der Waals surface area (Å²) in [5, 5.41) is 4.48. The molecule has 0 aliphatic rings. The second-order valence-corrected chi connectivity index (χ2v) is 8.66. The highest BCUT2D eigenvalue weighted by Crippen LogP contribution is 2.31. The van der Waals surface area contributed by atoms with Crippen LogP contribution in [0.4, 0.5) is 5.69 Å². The standard InChI is InChI=1S/C24H28ClN3O3S/c1-4-28(5-2)12-13-31-22-14-19(10-11-21(22)30-3)27-23(29)15-20-16-26-24(32-20)17-6-8-18(25)9-7-17/h6-11,14,16H,4-5,12-13,15H2,1-3H3,(H,27,29). The van der Waals surface area contributed by atoms with Crippen LogP contribution in [0.2, 0.25) is 5.02 Å². The highest BCUT2D eigenvalue weighted by atomic mass is 35.5. The zero-order valence-corrected chi connectivity index (χ0v) is 20.1. The molecule has 2 aromatic carbocycles. The van der Waals surface area contributed by atoms with Gasteiger partial charge in [0.2, 0.25) is 5.91 Å². The van der Waals surface area contributed by atoms with Gasteiger partial charge in [0.25, 0.3) is 0 Å². The molecule has 0 bridgehead atoms. The van der Waals surface area contributed by atoms with Gasteiger partial charge in [-0.05, 0) is 37.4 Å². The molecule has 32 heavy (non-hydrogen) atoms. The molecule has 3 rings (SSSR count). The average molecular weight is 474 g/mol. The Labute approximate surface area is 198 Å². The lowest BCUT2D eigenvalue weighted by atomic mass is 10.2. The number of nitrogens with one attached hydrogen (secondary N) is 1. The van der Waals surface area contributed by atoms with Crippen molar-refractivity contribution in [3.63, 3.8) is 0 Å². The number of carbonyl (C=O) groups is 1. The number of benzene rings is 2. The maximum absolute atomic E-state index is 12.6. The first-order valence-corrected chi connectivity index (χ1v) is 11.8. The molecule has 1 heterocycles. The normalized spacial score (nSPS) is 10.9. The lowest BCUT2D eigenvalue weighted by molar-refractivity contribution is -0.115. The first kappa shape index (κ1) is 24.0. The maximum atomic E-state index is 12.6. The summed E-state index contributed by atoms with van der Waals surface area (Å²) < 4.78 is 11.3. The molecule has 0 aliphatic heterocycles. The lowest BCUT2D eigenvalue weighted by Gasteiger charge is -2.19. The number of hydrogen-bond donors (Lipinski definition) is 1. The Morgan fingerprint density at radius 3 is 2.56 bits per heavy atom. The molecular weight excluding hydrogens is 446 g/mol. The summed E-state index contributed by atoms with van der Waals surface area (Å²) in [5.41, 5.74) is 1.64. The van der Waals surface area contributed by atoms with Gasteiger partial charge in [0, 0.05) is 40.0 Å². The van der Waals surface area contributed by atoms with Crippen molar-refractivity contribution >= 4 is 34.5 Å². The van der Waals surface area contributed by atoms with Crippen molar-refractivity contribution in [3.05, 3.63) is 58.6 Å². The summed E-state index contributed by atoms with van der Waals surface area (Å²) in [6, 6.07) is 12.9. The number of anilines is 1. The second kappa shape index (κ2) is 11.9. The van der Waals surface area contributed by atoms with E-state index in [9.17, 15) is 4.79 Å². The molecule has 1 amide bonds. The summed E-state index contributed by atoms with van der Waals surface area (Å²) in [6.45, 7) is 7.58. The number of hydrogen-bond acceptors (Lipinski definition) is 6. The van der Waals surface area contributed by atoms with Crippen LogP contribution in [0.15, 0.2) is 48.7 Å². The van der Waals surface area contributed by atoms with Gasteiger partial charge in [-0.1, -0.05) is 37.6 Å². The molecule has 0 saturated heterocycles. The predicted octanol–water partition coefficient (Wildman–Crippen LogP) is 5.37. The number of thiazole rings is 1. The molecule has 0 unspecified atom stereocenters. The van der Waals surface area contributed by atoms with Crippen LogP contribution in [0.25, 0.3) is 10.6 Å². The Balaban J connectivity index is 1.60. The minimum Gasteiger partial charge on any atom is -0.493 e. The first-order chi connectivity index (χ1) is 15.5. The van der Waals surface area contributed by atoms with E-state index in [0.29, 0.717) is 28.8 Å². The topological polar surface area (TPSA) is 63.7 Å². The van der Waals surface area contributed by atoms with Crippen LogP contribution in [0, 0.1) is 0 Å². The summed E-state index contributed by atoms with van der Waals surface area (Å²) >= 11 is 7.44. The molecule has 0 fully saturated rings. The fourth-order valence-corrected chi connectivity index (χ4v) is 4.21. The van der Waals surface area contributed by atoms with Crippen LogP contribution >= 0.6 is 22.9 Å². The number of amides is 1. The predicted molar refractivity (Wildman–Crippen MR) is 131 cm³/mol. The number of halogens is 1. The lowest BCUT2D eigenvalue weighted by Crippen LogP contribution is -2.28. The van der Waals surface area contributed by atoms with Crippen LogP contribution in [0.3, 0.4) is 0 Å². The van der Waals surface area contributed by atoms with E-state index in [1.54, 1.807) is 31.5 Å². The van der Waals surface area contributed by atoms with Crippen molar-refractivity contribution < 1.29 is 14.3 Å². The van der Waals surface area contributed by atoms with Crippen molar-refractivity contribution in [2.45, 2.75) is 20.3 Å². The van der Waals surface area contributed by atoms with E-state index in [1.807, 2.05) is 24.3 Å². The van der Waals surface area contributed by atoms with E-state index in [4.69, 9.17) is 21.1 Å². The molecule has 0 spiro atoms. The van der Waals surface area contributed by atoms with E-state index in [-0.39, 0.29) is 12.3 Å². The van der Waals surface area contributed by atoms with Crippen LogP contribution in [-0.4, -0.2) is 49.1 Å². The van der Waals surface area contributed by atoms with Gasteiger partial charge in [-0.15, -0.1) is 11.3 Å². The average Bonchev–Trinajstić information content (AvgIpc) is 3.25. The van der Waals surface area contributed by atoms with Gasteiger partial charge in [0.05, 0.1) is 13.5 Å². The molecule has 0 atom stereocenters. The zero-order chi connectivity index (χ0) is 22.9. The molecule has 170 valence electrons. The van der Waals surface area contributed by atoms with Gasteiger partial charge in [0.15, 0.2) is 11.5 Å². The van der Waals surface area contributed by atoms with Crippen LogP contribution in [-0.2, 0) is 11.2 Å². The summed E-state index contributed by atoms with van der Waals surface area (Å²) in [5.74, 6) is 1.13. The maximum Gasteiger partial charge on any atom is 0.229 e. The number of methoxy groups -OCH3 is 1. The molecule has 1 N–H and O–H groups in total. The highest BCUT2D eigenvalue weighted by molar-refractivity contribution is 7.15. The van der Waals surface area contributed by atoms with Crippen LogP contribution in [0.5, 0.6) is 11.5 Å². The SMILES string of the molecule is CCN(CC)CCOc1cc(NC(=O)Cc2cnc(-c3ccc(Cl)cc3)s2)ccc1OC. The first-order valence-electron chi connectivity index (χ1n) is 10.6. The number of likely N-dealkylation sites (N-methyl/N-ethyl adjacent to an activating group) is 1. The van der Waals surface area contributed by atoms with Gasteiger partial charge in [-0.25, -0.2) is 4.98 Å². The summed E-state index contributed by atoms with van der Waals surface area (Å²) in [7, 11) is 1.60. The van der Waals surface area contributed by atoms with E-state index in [0.717, 1.165) is 35.1 Å². The van der Waals surface area contributed by atoms with Gasteiger partial charge >= 0.3 is 0 Å². The van der Waals surface area contributed by atoms with E-state index >= 15 is 0 Å². The van der Waals surface area contributed by atoms with E-state index < -0.39 is 0 Å². The molecule has 3 aromatic rings. The number of ether oxygens (including phenoxy) is 2. The van der Waals surface area contributed by atoms with Gasteiger partial charge in [-0.2, -0.15) is 0 Å². The smallest absolute Gasteiger partial charge is 0.229 e. The number of carbonyl (C=O) groups excluding carboxylic acids is 1. The largest absolute Gasteiger partial charge is 0.493 e. The minimum absolute atomic E-state index is 0.115. The third-order valence-electron chi connectivity index (χ3n) is 4.99. The Hall–Kier alpha value is -2.61. The van der Waals surface area contributed by atoms with Gasteiger partial charge in [-0.3, -0.25) is 4.79 Å². The Bertz CT molecular complexity index is 1020. The molecule has 0 aliphatic carbocycles. The van der Waals surface area contributed by atoms with Crippen molar-refractivity contribution in [2.24, 2.45) is 0 Å². The Kier molecular flexibility index (Phi) is 8.90. The van der Waals surface area contributed by atoms with Crippen LogP contribution in [0.1, 0.15) is 18.7 Å². The van der Waals surface area contributed by atoms with Crippen molar-refractivity contribution in [1.82, 2.24) is 9.88 Å². The molecule has 8 heteroatoms. The Morgan fingerprint density at radius 2 is 1.88 bits per heavy atom. The third kappa shape index (κ3) is 6.69. The number of rotatable bonds is 11. The second-order valence-electron chi connectivity index (χ2n) is 7.10. The molecule has 6 nitrogen and oxygen atoms in total. The fourth-order valence-electron chi connectivity index (χ4n) is 3.17. The summed E-state index contributed by atoms with van der Waals surface area (Å²) in [6.07, 6.45) is 1.99. The number of aromatic nitrogens is 1. The molecule has 0 radical (unpaired) electrons. The number of nitrogens with zero attached hydrogens (tertiary/aromatic N) is 2. The fraction of sp³-hybridized carbons (Fsp3) is 0.333.